The van der Waals surface area contributed by atoms with Crippen LogP contribution >= 0.6 is 0 Å². The molecule has 2 aliphatic rings. The molecule has 3 heterocycles. The van der Waals surface area contributed by atoms with Gasteiger partial charge in [-0.25, -0.2) is 0 Å². The lowest BCUT2D eigenvalue weighted by Crippen LogP contribution is -2.40. The molecule has 2 fully saturated rings. The van der Waals surface area contributed by atoms with Crippen molar-refractivity contribution in [2.45, 2.75) is 19.8 Å². The van der Waals surface area contributed by atoms with E-state index in [2.05, 4.69) is 22.0 Å². The Morgan fingerprint density at radius 2 is 2.05 bits per heavy atom. The molecule has 2 saturated heterocycles. The van der Waals surface area contributed by atoms with Crippen molar-refractivity contribution in [1.29, 1.82) is 0 Å². The van der Waals surface area contributed by atoms with Gasteiger partial charge >= 0.3 is 0 Å². The Hall–Kier alpha value is -1.69. The average molecular weight is 290 g/mol. The molecule has 114 valence electrons. The van der Waals surface area contributed by atoms with E-state index in [1.165, 1.54) is 6.42 Å². The molecule has 0 aromatic carbocycles. The van der Waals surface area contributed by atoms with E-state index in [9.17, 15) is 4.79 Å². The third-order valence-corrected chi connectivity index (χ3v) is 4.15. The highest BCUT2D eigenvalue weighted by Crippen LogP contribution is 2.18. The van der Waals surface area contributed by atoms with Gasteiger partial charge in [0.2, 0.25) is 0 Å². The first-order valence-corrected chi connectivity index (χ1v) is 7.70. The van der Waals surface area contributed by atoms with Crippen LogP contribution in [0.3, 0.4) is 0 Å². The third-order valence-electron chi connectivity index (χ3n) is 4.15. The maximum atomic E-state index is 12.4. The Bertz CT molecular complexity index is 485. The maximum Gasteiger partial charge on any atom is 0.274 e. The molecule has 0 aliphatic carbocycles. The first-order valence-electron chi connectivity index (χ1n) is 7.70. The summed E-state index contributed by atoms with van der Waals surface area (Å²) in [5, 5.41) is 8.34. The topological polar surface area (TPSA) is 58.6 Å². The van der Waals surface area contributed by atoms with Crippen LogP contribution in [-0.2, 0) is 4.74 Å². The number of hydrogen-bond donors (Lipinski definition) is 0. The molecule has 6 nitrogen and oxygen atoms in total. The van der Waals surface area contributed by atoms with Crippen molar-refractivity contribution in [3.63, 3.8) is 0 Å². The van der Waals surface area contributed by atoms with Crippen LogP contribution < -0.4 is 4.90 Å². The molecule has 21 heavy (non-hydrogen) atoms. The molecule has 0 saturated carbocycles. The van der Waals surface area contributed by atoms with Gasteiger partial charge in [0.25, 0.3) is 5.91 Å². The van der Waals surface area contributed by atoms with Gasteiger partial charge in [0.05, 0.1) is 13.2 Å². The number of amides is 1. The Labute approximate surface area is 125 Å². The van der Waals surface area contributed by atoms with Gasteiger partial charge in [-0.15, -0.1) is 10.2 Å². The minimum atomic E-state index is 0.00239. The third kappa shape index (κ3) is 3.32. The van der Waals surface area contributed by atoms with Gasteiger partial charge in [-0.3, -0.25) is 4.79 Å². The van der Waals surface area contributed by atoms with E-state index in [0.717, 1.165) is 38.4 Å². The van der Waals surface area contributed by atoms with E-state index >= 15 is 0 Å². The van der Waals surface area contributed by atoms with Crippen molar-refractivity contribution in [3.8, 4) is 0 Å². The fraction of sp³-hybridized carbons (Fsp3) is 0.667. The number of nitrogens with zero attached hydrogens (tertiary/aromatic N) is 4. The molecule has 1 amide bonds. The van der Waals surface area contributed by atoms with Crippen LogP contribution in [0.4, 0.5) is 5.82 Å². The number of hydrogen-bond acceptors (Lipinski definition) is 5. The molecule has 1 aromatic rings. The number of likely N-dealkylation sites (tertiary alicyclic amines) is 1. The SMILES string of the molecule is CC1CCCN(C(=O)c2ccc(N3CCOCC3)nn2)C1. The minimum absolute atomic E-state index is 0.00239. The van der Waals surface area contributed by atoms with Gasteiger partial charge in [0, 0.05) is 26.2 Å². The van der Waals surface area contributed by atoms with Crippen molar-refractivity contribution < 1.29 is 9.53 Å². The number of piperidine rings is 1. The van der Waals surface area contributed by atoms with E-state index in [1.807, 2.05) is 11.0 Å². The lowest BCUT2D eigenvalue weighted by atomic mass is 10.00. The van der Waals surface area contributed by atoms with Crippen molar-refractivity contribution in [2.24, 2.45) is 5.92 Å². The smallest absolute Gasteiger partial charge is 0.274 e. The van der Waals surface area contributed by atoms with Gasteiger partial charge < -0.3 is 14.5 Å². The van der Waals surface area contributed by atoms with Crippen molar-refractivity contribution >= 4 is 11.7 Å². The zero-order valence-electron chi connectivity index (χ0n) is 12.5. The number of ether oxygens (including phenoxy) is 1. The second-order valence-electron chi connectivity index (χ2n) is 5.87. The van der Waals surface area contributed by atoms with Gasteiger partial charge in [-0.05, 0) is 30.9 Å². The predicted octanol–water partition coefficient (Wildman–Crippen LogP) is 1.19. The zero-order valence-corrected chi connectivity index (χ0v) is 12.5. The Balaban J connectivity index is 1.67. The van der Waals surface area contributed by atoms with Gasteiger partial charge in [-0.1, -0.05) is 6.92 Å². The first kappa shape index (κ1) is 14.3. The second kappa shape index (κ2) is 6.39. The maximum absolute atomic E-state index is 12.4. The summed E-state index contributed by atoms with van der Waals surface area (Å²) in [6, 6.07) is 3.68. The van der Waals surface area contributed by atoms with Gasteiger partial charge in [0.1, 0.15) is 0 Å². The zero-order chi connectivity index (χ0) is 14.7. The molecule has 0 spiro atoms. The normalized spacial score (nSPS) is 23.2. The Kier molecular flexibility index (Phi) is 4.34. The quantitative estimate of drug-likeness (QED) is 0.819. The van der Waals surface area contributed by atoms with E-state index in [4.69, 9.17) is 4.74 Å². The molecular weight excluding hydrogens is 268 g/mol. The summed E-state index contributed by atoms with van der Waals surface area (Å²) in [6.45, 7) is 6.92. The van der Waals surface area contributed by atoms with Crippen LogP contribution in [-0.4, -0.2) is 60.4 Å². The molecule has 2 aliphatic heterocycles. The fourth-order valence-corrected chi connectivity index (χ4v) is 2.94. The molecule has 1 unspecified atom stereocenters. The molecule has 3 rings (SSSR count). The van der Waals surface area contributed by atoms with Crippen LogP contribution in [0.2, 0.25) is 0 Å². The Morgan fingerprint density at radius 3 is 2.71 bits per heavy atom. The number of aromatic nitrogens is 2. The van der Waals surface area contributed by atoms with E-state index in [1.54, 1.807) is 6.07 Å². The summed E-state index contributed by atoms with van der Waals surface area (Å²) in [7, 11) is 0. The highest BCUT2D eigenvalue weighted by Gasteiger charge is 2.23. The number of carbonyl (C=O) groups excluding carboxylic acids is 1. The molecule has 6 heteroatoms. The molecule has 1 aromatic heterocycles. The van der Waals surface area contributed by atoms with Crippen LogP contribution in [0.15, 0.2) is 12.1 Å². The predicted molar refractivity (Wildman–Crippen MR) is 79.4 cm³/mol. The fourth-order valence-electron chi connectivity index (χ4n) is 2.94. The monoisotopic (exact) mass is 290 g/mol. The Morgan fingerprint density at radius 1 is 1.24 bits per heavy atom. The van der Waals surface area contributed by atoms with Crippen LogP contribution in [0, 0.1) is 5.92 Å². The number of morpholine rings is 1. The standard InChI is InChI=1S/C15H22N4O2/c1-12-3-2-6-19(11-12)15(20)13-4-5-14(17-16-13)18-7-9-21-10-8-18/h4-5,12H,2-3,6-11H2,1H3. The number of anilines is 1. The van der Waals surface area contributed by atoms with Crippen molar-refractivity contribution in [3.05, 3.63) is 17.8 Å². The second-order valence-corrected chi connectivity index (χ2v) is 5.87. The molecule has 0 bridgehead atoms. The highest BCUT2D eigenvalue weighted by atomic mass is 16.5. The van der Waals surface area contributed by atoms with Gasteiger partial charge in [0.15, 0.2) is 11.5 Å². The molecular formula is C15H22N4O2. The van der Waals surface area contributed by atoms with Crippen LogP contribution in [0.5, 0.6) is 0 Å². The van der Waals surface area contributed by atoms with Crippen LogP contribution in [0.1, 0.15) is 30.3 Å². The summed E-state index contributed by atoms with van der Waals surface area (Å²) in [5.74, 6) is 1.40. The minimum Gasteiger partial charge on any atom is -0.378 e. The summed E-state index contributed by atoms with van der Waals surface area (Å²) in [6.07, 6.45) is 2.28. The largest absolute Gasteiger partial charge is 0.378 e. The first-order chi connectivity index (χ1) is 10.2. The highest BCUT2D eigenvalue weighted by molar-refractivity contribution is 5.92. The van der Waals surface area contributed by atoms with E-state index in [0.29, 0.717) is 24.8 Å². The van der Waals surface area contributed by atoms with Crippen molar-refractivity contribution in [2.75, 3.05) is 44.3 Å². The molecule has 1 atom stereocenters. The number of carbonyl (C=O) groups is 1. The van der Waals surface area contributed by atoms with E-state index in [-0.39, 0.29) is 5.91 Å². The summed E-state index contributed by atoms with van der Waals surface area (Å²) in [5.41, 5.74) is 0.445. The van der Waals surface area contributed by atoms with Crippen LogP contribution in [0.25, 0.3) is 0 Å². The average Bonchev–Trinajstić information content (AvgIpc) is 2.55. The summed E-state index contributed by atoms with van der Waals surface area (Å²) < 4.78 is 5.32. The molecule has 0 radical (unpaired) electrons. The summed E-state index contributed by atoms with van der Waals surface area (Å²) in [4.78, 5) is 16.5. The lowest BCUT2D eigenvalue weighted by molar-refractivity contribution is 0.0676. The number of rotatable bonds is 2. The lowest BCUT2D eigenvalue weighted by Gasteiger charge is -2.30. The van der Waals surface area contributed by atoms with Gasteiger partial charge in [-0.2, -0.15) is 0 Å². The summed E-state index contributed by atoms with van der Waals surface area (Å²) >= 11 is 0. The van der Waals surface area contributed by atoms with Crippen molar-refractivity contribution in [1.82, 2.24) is 15.1 Å². The molecule has 0 N–H and O–H groups in total. The van der Waals surface area contributed by atoms with E-state index < -0.39 is 0 Å².